The maximum absolute atomic E-state index is 13.1. The minimum Gasteiger partial charge on any atom is -0.394 e. The molecule has 1 rings (SSSR count). The van der Waals surface area contributed by atoms with Gasteiger partial charge in [0.1, 0.15) is 24.4 Å². The lowest BCUT2D eigenvalue weighted by Gasteiger charge is -2.41. The van der Waals surface area contributed by atoms with Crippen molar-refractivity contribution in [3.05, 3.63) is 12.2 Å². The number of aliphatic hydroxyl groups excluding tert-OH is 4. The summed E-state index contributed by atoms with van der Waals surface area (Å²) in [5.74, 6) is -0.231. The fraction of sp³-hybridized carbons (Fsp3) is 0.941. The van der Waals surface area contributed by atoms with Crippen molar-refractivity contribution in [1.29, 1.82) is 0 Å². The smallest absolute Gasteiger partial charge is 0.394 e. The molecule has 1 aliphatic heterocycles. The topological polar surface area (TPSA) is 192 Å². The Morgan fingerprint density at radius 3 is 1.41 bits per heavy atom. The van der Waals surface area contributed by atoms with Gasteiger partial charge >= 0.3 is 10.4 Å². The fourth-order valence-electron chi connectivity index (χ4n) is 8.69. The van der Waals surface area contributed by atoms with Crippen LogP contribution < -0.4 is 5.32 Å². The summed E-state index contributed by atoms with van der Waals surface area (Å²) in [4.78, 5) is 13.1. The zero-order chi connectivity index (χ0) is 46.9. The van der Waals surface area contributed by atoms with Gasteiger partial charge in [-0.1, -0.05) is 219 Å². The number of allylic oxidation sites excluding steroid dienone is 2. The standard InChI is InChI=1S/C51H99NO11S/c1-3-5-7-9-11-13-15-17-19-21-22-23-25-26-28-30-32-34-36-38-40-45(54)44(43-61-51-49(57)50(63-64(58,59)60)48(56)46(42-53)62-51)52-47(55)41-39-37-35-33-31-29-27-24-20-18-16-14-12-10-8-6-4-2/h18,20,44-46,48-51,53-54,56-57H,3-17,19,21-43H2,1-2H3,(H,52,55)(H,58,59,60)/b20-18-. The van der Waals surface area contributed by atoms with E-state index in [9.17, 15) is 38.2 Å². The Balaban J connectivity index is 2.41. The average molecular weight is 934 g/mol. The molecule has 7 unspecified atom stereocenters. The first-order valence-corrected chi connectivity index (χ1v) is 27.9. The number of ether oxygens (including phenoxy) is 2. The molecule has 1 amide bonds. The first-order chi connectivity index (χ1) is 31.0. The molecule has 1 saturated heterocycles. The van der Waals surface area contributed by atoms with E-state index in [0.717, 1.165) is 51.4 Å². The SMILES string of the molecule is CCCCCCCC/C=C\CCCCCCCCCC(=O)NC(COC1OC(CO)C(O)C(OS(=O)(=O)O)C1O)C(O)CCCCCCCCCCCCCCCCCCCCCC. The van der Waals surface area contributed by atoms with E-state index in [1.165, 1.54) is 167 Å². The Morgan fingerprint density at radius 2 is 1.00 bits per heavy atom. The minimum atomic E-state index is -5.08. The molecule has 1 aliphatic rings. The molecule has 0 aromatic rings. The summed E-state index contributed by atoms with van der Waals surface area (Å²) >= 11 is 0. The summed E-state index contributed by atoms with van der Waals surface area (Å²) in [5, 5.41) is 45.0. The van der Waals surface area contributed by atoms with Crippen LogP contribution in [0.3, 0.4) is 0 Å². The number of nitrogens with one attached hydrogen (secondary N) is 1. The predicted molar refractivity (Wildman–Crippen MR) is 259 cm³/mol. The Hall–Kier alpha value is -1.16. The van der Waals surface area contributed by atoms with Gasteiger partial charge in [-0.05, 0) is 38.5 Å². The Labute approximate surface area is 391 Å². The molecule has 12 nitrogen and oxygen atoms in total. The third-order valence-corrected chi connectivity index (χ3v) is 13.3. The van der Waals surface area contributed by atoms with E-state index in [1.54, 1.807) is 0 Å². The zero-order valence-corrected chi connectivity index (χ0v) is 41.7. The second-order valence-corrected chi connectivity index (χ2v) is 19.9. The van der Waals surface area contributed by atoms with E-state index >= 15 is 0 Å². The highest BCUT2D eigenvalue weighted by Crippen LogP contribution is 2.26. The lowest BCUT2D eigenvalue weighted by atomic mass is 9.99. The fourth-order valence-corrected chi connectivity index (χ4v) is 9.20. The van der Waals surface area contributed by atoms with Gasteiger partial charge in [0.25, 0.3) is 0 Å². The van der Waals surface area contributed by atoms with Crippen molar-refractivity contribution in [2.45, 2.75) is 294 Å². The molecule has 0 aromatic heterocycles. The molecule has 0 spiro atoms. The van der Waals surface area contributed by atoms with Crippen molar-refractivity contribution < 1.29 is 51.8 Å². The number of hydrogen-bond donors (Lipinski definition) is 6. The second kappa shape index (κ2) is 42.0. The van der Waals surface area contributed by atoms with Gasteiger partial charge in [0, 0.05) is 6.42 Å². The molecular weight excluding hydrogens is 835 g/mol. The van der Waals surface area contributed by atoms with Gasteiger partial charge in [-0.15, -0.1) is 0 Å². The quantitative estimate of drug-likeness (QED) is 0.0193. The molecule has 1 heterocycles. The Bertz CT molecular complexity index is 1190. The van der Waals surface area contributed by atoms with E-state index in [1.807, 2.05) is 0 Å². The van der Waals surface area contributed by atoms with Crippen LogP contribution in [0.4, 0.5) is 0 Å². The highest BCUT2D eigenvalue weighted by atomic mass is 32.3. The van der Waals surface area contributed by atoms with E-state index < -0.39 is 59.9 Å². The van der Waals surface area contributed by atoms with Crippen LogP contribution in [0.5, 0.6) is 0 Å². The monoisotopic (exact) mass is 934 g/mol. The molecule has 6 N–H and O–H groups in total. The number of unbranched alkanes of at least 4 members (excludes halogenated alkanes) is 32. The van der Waals surface area contributed by atoms with Crippen molar-refractivity contribution in [1.82, 2.24) is 5.32 Å². The molecule has 380 valence electrons. The Morgan fingerprint density at radius 1 is 0.609 bits per heavy atom. The number of carbonyl (C=O) groups excluding carboxylic acids is 1. The number of carbonyl (C=O) groups is 1. The molecule has 7 atom stereocenters. The van der Waals surface area contributed by atoms with Crippen LogP contribution in [0.1, 0.15) is 251 Å². The number of amides is 1. The summed E-state index contributed by atoms with van der Waals surface area (Å²) in [6.45, 7) is 3.47. The van der Waals surface area contributed by atoms with Crippen molar-refractivity contribution >= 4 is 16.3 Å². The van der Waals surface area contributed by atoms with Crippen molar-refractivity contribution in [2.24, 2.45) is 0 Å². The molecule has 13 heteroatoms. The summed E-state index contributed by atoms with van der Waals surface area (Å²) in [7, 11) is -5.08. The Kier molecular flexibility index (Phi) is 39.9. The summed E-state index contributed by atoms with van der Waals surface area (Å²) in [6, 6.07) is -0.858. The number of rotatable bonds is 46. The predicted octanol–water partition coefficient (Wildman–Crippen LogP) is 11.5. The molecule has 0 aromatic carbocycles. The van der Waals surface area contributed by atoms with Gasteiger partial charge in [-0.2, -0.15) is 8.42 Å². The molecule has 0 radical (unpaired) electrons. The third kappa shape index (κ3) is 34.2. The van der Waals surface area contributed by atoms with Crippen LogP contribution in [0.15, 0.2) is 12.2 Å². The minimum absolute atomic E-state index is 0.231. The zero-order valence-electron chi connectivity index (χ0n) is 40.9. The normalized spacial score (nSPS) is 20.3. The van der Waals surface area contributed by atoms with E-state index in [2.05, 4.69) is 35.5 Å². The van der Waals surface area contributed by atoms with E-state index in [-0.39, 0.29) is 18.9 Å². The van der Waals surface area contributed by atoms with Crippen LogP contribution in [0.25, 0.3) is 0 Å². The van der Waals surface area contributed by atoms with E-state index in [4.69, 9.17) is 9.47 Å². The molecular formula is C51H99NO11S. The van der Waals surface area contributed by atoms with Gasteiger partial charge in [-0.3, -0.25) is 9.35 Å². The first kappa shape index (κ1) is 60.9. The van der Waals surface area contributed by atoms with Gasteiger partial charge in [-0.25, -0.2) is 4.18 Å². The molecule has 0 aliphatic carbocycles. The van der Waals surface area contributed by atoms with Gasteiger partial charge in [0.15, 0.2) is 6.29 Å². The summed E-state index contributed by atoms with van der Waals surface area (Å²) in [6.07, 6.45) is 39.2. The van der Waals surface area contributed by atoms with E-state index in [0.29, 0.717) is 12.8 Å². The lowest BCUT2D eigenvalue weighted by Crippen LogP contribution is -2.61. The largest absolute Gasteiger partial charge is 0.397 e. The highest BCUT2D eigenvalue weighted by Gasteiger charge is 2.48. The summed E-state index contributed by atoms with van der Waals surface area (Å²) in [5.41, 5.74) is 0. The molecule has 1 fully saturated rings. The maximum Gasteiger partial charge on any atom is 0.397 e. The van der Waals surface area contributed by atoms with Gasteiger partial charge in [0.2, 0.25) is 5.91 Å². The molecule has 0 saturated carbocycles. The maximum atomic E-state index is 13.1. The first-order valence-electron chi connectivity index (χ1n) is 26.6. The molecule has 0 bridgehead atoms. The number of hydrogen-bond acceptors (Lipinski definition) is 10. The van der Waals surface area contributed by atoms with Crippen LogP contribution in [0.2, 0.25) is 0 Å². The number of aliphatic hydroxyl groups is 4. The third-order valence-electron chi connectivity index (χ3n) is 12.8. The van der Waals surface area contributed by atoms with Crippen molar-refractivity contribution in [3.63, 3.8) is 0 Å². The molecule has 64 heavy (non-hydrogen) atoms. The van der Waals surface area contributed by atoms with Gasteiger partial charge < -0.3 is 35.2 Å². The van der Waals surface area contributed by atoms with Crippen LogP contribution >= 0.6 is 0 Å². The van der Waals surface area contributed by atoms with Gasteiger partial charge in [0.05, 0.1) is 25.4 Å². The second-order valence-electron chi connectivity index (χ2n) is 18.8. The van der Waals surface area contributed by atoms with Crippen LogP contribution in [-0.4, -0.2) is 95.4 Å². The average Bonchev–Trinajstić information content (AvgIpc) is 3.27. The van der Waals surface area contributed by atoms with Crippen LogP contribution in [-0.2, 0) is 28.9 Å². The lowest BCUT2D eigenvalue weighted by molar-refractivity contribution is -0.298. The van der Waals surface area contributed by atoms with Crippen molar-refractivity contribution in [3.8, 4) is 0 Å². The summed E-state index contributed by atoms with van der Waals surface area (Å²) < 4.78 is 47.8. The highest BCUT2D eigenvalue weighted by molar-refractivity contribution is 7.80. The van der Waals surface area contributed by atoms with Crippen LogP contribution in [0, 0.1) is 0 Å². The van der Waals surface area contributed by atoms with Crippen molar-refractivity contribution in [2.75, 3.05) is 13.2 Å².